The summed E-state index contributed by atoms with van der Waals surface area (Å²) in [5.74, 6) is 0. The Kier molecular flexibility index (Phi) is 5.59. The molecule has 1 aliphatic heterocycles. The van der Waals surface area contributed by atoms with Crippen molar-refractivity contribution in [2.24, 2.45) is 0 Å². The zero-order valence-electron chi connectivity index (χ0n) is 26.7. The van der Waals surface area contributed by atoms with Gasteiger partial charge in [0.2, 0.25) is 0 Å². The van der Waals surface area contributed by atoms with E-state index in [1.165, 1.54) is 49.9 Å². The summed E-state index contributed by atoms with van der Waals surface area (Å²) in [5.41, 5.74) is 13.4. The van der Waals surface area contributed by atoms with E-state index in [9.17, 15) is 0 Å². The van der Waals surface area contributed by atoms with Gasteiger partial charge in [0.05, 0.1) is 22.4 Å². The SMILES string of the molecule is CC1(C)c2cc(-c3ccc4c(c3)c3cnccc3n4-c3ccccc3)ccc2N(c2ccccc2)c2ccc3oc4ccccc4c3c21. The average Bonchev–Trinajstić information content (AvgIpc) is 3.68. The first-order chi connectivity index (χ1) is 23.6. The topological polar surface area (TPSA) is 34.2 Å². The lowest BCUT2D eigenvalue weighted by atomic mass is 9.71. The molecule has 6 aromatic carbocycles. The van der Waals surface area contributed by atoms with Crippen molar-refractivity contribution < 1.29 is 4.42 Å². The summed E-state index contributed by atoms with van der Waals surface area (Å²) >= 11 is 0. The number of furan rings is 1. The number of fused-ring (bicyclic) bond motifs is 9. The molecule has 0 N–H and O–H groups in total. The predicted octanol–water partition coefficient (Wildman–Crippen LogP) is 11.9. The van der Waals surface area contributed by atoms with E-state index in [0.29, 0.717) is 0 Å². The summed E-state index contributed by atoms with van der Waals surface area (Å²) in [6, 6.07) is 50.0. The molecule has 10 rings (SSSR count). The highest BCUT2D eigenvalue weighted by atomic mass is 16.3. The minimum atomic E-state index is -0.310. The molecule has 0 atom stereocenters. The number of rotatable bonds is 3. The first kappa shape index (κ1) is 27.0. The summed E-state index contributed by atoms with van der Waals surface area (Å²) in [7, 11) is 0. The van der Waals surface area contributed by atoms with Crippen LogP contribution in [0.25, 0.3) is 60.6 Å². The molecular formula is C44H31N3O. The molecule has 0 bridgehead atoms. The van der Waals surface area contributed by atoms with Crippen LogP contribution in [-0.2, 0) is 5.41 Å². The summed E-state index contributed by atoms with van der Waals surface area (Å²) in [6.45, 7) is 4.72. The van der Waals surface area contributed by atoms with Gasteiger partial charge in [-0.05, 0) is 95.1 Å². The van der Waals surface area contributed by atoms with Gasteiger partial charge in [-0.25, -0.2) is 0 Å². The Morgan fingerprint density at radius 1 is 0.562 bits per heavy atom. The fourth-order valence-electron chi connectivity index (χ4n) is 8.06. The smallest absolute Gasteiger partial charge is 0.135 e. The number of aromatic nitrogens is 2. The van der Waals surface area contributed by atoms with Crippen molar-refractivity contribution in [3.05, 3.63) is 163 Å². The zero-order chi connectivity index (χ0) is 32.0. The van der Waals surface area contributed by atoms with Crippen LogP contribution in [0.1, 0.15) is 25.0 Å². The number of anilines is 3. The minimum Gasteiger partial charge on any atom is -0.456 e. The van der Waals surface area contributed by atoms with Gasteiger partial charge >= 0.3 is 0 Å². The van der Waals surface area contributed by atoms with Crippen LogP contribution in [0.3, 0.4) is 0 Å². The van der Waals surface area contributed by atoms with Crippen molar-refractivity contribution in [1.82, 2.24) is 9.55 Å². The molecule has 1 aliphatic rings. The Morgan fingerprint density at radius 2 is 1.25 bits per heavy atom. The van der Waals surface area contributed by atoms with Gasteiger partial charge in [0.1, 0.15) is 11.2 Å². The Bertz CT molecular complexity index is 2700. The number of para-hydroxylation sites is 3. The third-order valence-corrected chi connectivity index (χ3v) is 10.2. The van der Waals surface area contributed by atoms with E-state index in [4.69, 9.17) is 4.42 Å². The van der Waals surface area contributed by atoms with Crippen molar-refractivity contribution in [3.8, 4) is 16.8 Å². The molecule has 0 spiro atoms. The van der Waals surface area contributed by atoms with Crippen LogP contribution < -0.4 is 4.90 Å². The Hall–Kier alpha value is -6.13. The van der Waals surface area contributed by atoms with Gasteiger partial charge in [-0.2, -0.15) is 0 Å². The fraction of sp³-hybridized carbons (Fsp3) is 0.0682. The van der Waals surface area contributed by atoms with Gasteiger partial charge in [-0.1, -0.05) is 80.6 Å². The highest BCUT2D eigenvalue weighted by Gasteiger charge is 2.39. The monoisotopic (exact) mass is 617 g/mol. The summed E-state index contributed by atoms with van der Waals surface area (Å²) in [4.78, 5) is 6.94. The number of hydrogen-bond acceptors (Lipinski definition) is 3. The summed E-state index contributed by atoms with van der Waals surface area (Å²) in [5, 5.41) is 4.68. The maximum atomic E-state index is 6.42. The van der Waals surface area contributed by atoms with Crippen LogP contribution in [0, 0.1) is 0 Å². The van der Waals surface area contributed by atoms with E-state index in [1.807, 2.05) is 18.5 Å². The summed E-state index contributed by atoms with van der Waals surface area (Å²) in [6.07, 6.45) is 3.87. The van der Waals surface area contributed by atoms with E-state index < -0.39 is 0 Å². The molecule has 0 fully saturated rings. The second-order valence-electron chi connectivity index (χ2n) is 13.3. The van der Waals surface area contributed by atoms with Gasteiger partial charge in [0, 0.05) is 50.7 Å². The van der Waals surface area contributed by atoms with Gasteiger partial charge in [-0.3, -0.25) is 4.98 Å². The summed E-state index contributed by atoms with van der Waals surface area (Å²) < 4.78 is 8.75. The lowest BCUT2D eigenvalue weighted by Crippen LogP contribution is -2.31. The van der Waals surface area contributed by atoms with Gasteiger partial charge < -0.3 is 13.9 Å². The lowest BCUT2D eigenvalue weighted by molar-refractivity contribution is 0.634. The van der Waals surface area contributed by atoms with Crippen molar-refractivity contribution >= 4 is 60.8 Å². The zero-order valence-corrected chi connectivity index (χ0v) is 26.7. The third-order valence-electron chi connectivity index (χ3n) is 10.2. The highest BCUT2D eigenvalue weighted by molar-refractivity contribution is 6.12. The Labute approximate surface area is 278 Å². The van der Waals surface area contributed by atoms with Crippen LogP contribution >= 0.6 is 0 Å². The molecule has 9 aromatic rings. The van der Waals surface area contributed by atoms with Crippen LogP contribution in [0.4, 0.5) is 17.1 Å². The van der Waals surface area contributed by atoms with Crippen LogP contribution in [0.15, 0.2) is 156 Å². The Balaban J connectivity index is 1.21. The third kappa shape index (κ3) is 3.74. The first-order valence-corrected chi connectivity index (χ1v) is 16.5. The van der Waals surface area contributed by atoms with E-state index >= 15 is 0 Å². The van der Waals surface area contributed by atoms with Crippen molar-refractivity contribution in [1.29, 1.82) is 0 Å². The van der Waals surface area contributed by atoms with Crippen LogP contribution in [-0.4, -0.2) is 9.55 Å². The quantitative estimate of drug-likeness (QED) is 0.198. The number of hydrogen-bond donors (Lipinski definition) is 0. The molecule has 0 aliphatic carbocycles. The maximum absolute atomic E-state index is 6.42. The second kappa shape index (κ2) is 9.93. The van der Waals surface area contributed by atoms with Crippen molar-refractivity contribution in [2.45, 2.75) is 19.3 Å². The molecule has 0 saturated carbocycles. The minimum absolute atomic E-state index is 0.310. The fourth-order valence-corrected chi connectivity index (χ4v) is 8.06. The molecule has 0 amide bonds. The molecule has 48 heavy (non-hydrogen) atoms. The van der Waals surface area contributed by atoms with E-state index in [2.05, 4.69) is 162 Å². The number of benzene rings is 6. The van der Waals surface area contributed by atoms with Crippen LogP contribution in [0.2, 0.25) is 0 Å². The van der Waals surface area contributed by atoms with Gasteiger partial charge in [0.15, 0.2) is 0 Å². The normalized spacial score (nSPS) is 13.8. The molecular weight excluding hydrogens is 587 g/mol. The molecule has 4 heterocycles. The van der Waals surface area contributed by atoms with E-state index in [1.54, 1.807) is 0 Å². The Morgan fingerprint density at radius 3 is 2.08 bits per heavy atom. The van der Waals surface area contributed by atoms with Gasteiger partial charge in [-0.15, -0.1) is 0 Å². The molecule has 4 heteroatoms. The highest BCUT2D eigenvalue weighted by Crippen LogP contribution is 2.55. The number of nitrogens with zero attached hydrogens (tertiary/aromatic N) is 3. The lowest BCUT2D eigenvalue weighted by Gasteiger charge is -2.42. The standard InChI is InChI=1S/C44H31N3O/c1-44(2)35-26-29(28-17-19-36-33(25-28)34-27-45-24-23-37(34)46(36)30-11-5-3-6-12-30)18-20-38(35)47(31-13-7-4-8-14-31)39-21-22-41-42(43(39)44)32-15-9-10-16-40(32)48-41/h3-27H,1-2H3. The molecule has 4 nitrogen and oxygen atoms in total. The van der Waals surface area contributed by atoms with E-state index in [-0.39, 0.29) is 5.41 Å². The van der Waals surface area contributed by atoms with Gasteiger partial charge in [0.25, 0.3) is 0 Å². The molecule has 0 radical (unpaired) electrons. The average molecular weight is 618 g/mol. The molecule has 228 valence electrons. The first-order valence-electron chi connectivity index (χ1n) is 16.5. The largest absolute Gasteiger partial charge is 0.456 e. The van der Waals surface area contributed by atoms with Crippen LogP contribution in [0.5, 0.6) is 0 Å². The van der Waals surface area contributed by atoms with E-state index in [0.717, 1.165) is 38.8 Å². The molecule has 0 unspecified atom stereocenters. The second-order valence-corrected chi connectivity index (χ2v) is 13.3. The van der Waals surface area contributed by atoms with Crippen molar-refractivity contribution in [2.75, 3.05) is 4.90 Å². The maximum Gasteiger partial charge on any atom is 0.135 e. The molecule has 0 saturated heterocycles. The number of pyridine rings is 1. The molecule has 3 aromatic heterocycles. The van der Waals surface area contributed by atoms with Crippen molar-refractivity contribution in [3.63, 3.8) is 0 Å². The predicted molar refractivity (Wildman–Crippen MR) is 198 cm³/mol.